The fourth-order valence-electron chi connectivity index (χ4n) is 3.58. The van der Waals surface area contributed by atoms with Crippen LogP contribution in [0.1, 0.15) is 64.0 Å². The van der Waals surface area contributed by atoms with Gasteiger partial charge < -0.3 is 9.84 Å². The molecule has 0 saturated carbocycles. The molecular formula is C23H30O3. The Bertz CT molecular complexity index is 686. The zero-order valence-corrected chi connectivity index (χ0v) is 16.2. The van der Waals surface area contributed by atoms with Gasteiger partial charge in [0.15, 0.2) is 0 Å². The van der Waals surface area contributed by atoms with Gasteiger partial charge >= 0.3 is 0 Å². The Kier molecular flexibility index (Phi) is 6.84. The summed E-state index contributed by atoms with van der Waals surface area (Å²) < 4.78 is 4.91. The van der Waals surface area contributed by atoms with Crippen molar-refractivity contribution in [3.8, 4) is 11.5 Å². The summed E-state index contributed by atoms with van der Waals surface area (Å²) in [6.07, 6.45) is 3.37. The Labute approximate surface area is 157 Å². The van der Waals surface area contributed by atoms with Crippen LogP contribution < -0.4 is 4.74 Å². The van der Waals surface area contributed by atoms with Crippen LogP contribution in [-0.2, 0) is 4.79 Å². The molecule has 3 nitrogen and oxygen atoms in total. The van der Waals surface area contributed by atoms with E-state index in [-0.39, 0.29) is 11.7 Å². The number of hydrogen-bond donors (Lipinski definition) is 1. The molecule has 140 valence electrons. The number of aromatic hydroxyl groups is 1. The molecule has 0 saturated heterocycles. The molecule has 0 bridgehead atoms. The maximum absolute atomic E-state index is 10.5. The summed E-state index contributed by atoms with van der Waals surface area (Å²) in [5.74, 6) is 1.63. The average molecular weight is 354 g/mol. The SMILES string of the molecule is CCC(C)(C)CC(C)CC(c1ccc(O)cc1)c1ccc(OC=O)cc1. The summed E-state index contributed by atoms with van der Waals surface area (Å²) >= 11 is 0. The molecule has 26 heavy (non-hydrogen) atoms. The molecule has 1 N–H and O–H groups in total. The van der Waals surface area contributed by atoms with Crippen molar-refractivity contribution in [2.75, 3.05) is 0 Å². The molecule has 2 aromatic rings. The van der Waals surface area contributed by atoms with Gasteiger partial charge in [0, 0.05) is 5.92 Å². The van der Waals surface area contributed by atoms with Gasteiger partial charge in [0.1, 0.15) is 11.5 Å². The first-order valence-corrected chi connectivity index (χ1v) is 9.34. The van der Waals surface area contributed by atoms with Crippen LogP contribution in [0.2, 0.25) is 0 Å². The van der Waals surface area contributed by atoms with E-state index in [4.69, 9.17) is 4.74 Å². The number of phenols is 1. The van der Waals surface area contributed by atoms with E-state index in [1.54, 1.807) is 12.1 Å². The molecular weight excluding hydrogens is 324 g/mol. The first-order valence-electron chi connectivity index (χ1n) is 9.34. The van der Waals surface area contributed by atoms with E-state index in [0.717, 1.165) is 6.42 Å². The maximum Gasteiger partial charge on any atom is 0.298 e. The van der Waals surface area contributed by atoms with Crippen molar-refractivity contribution in [1.82, 2.24) is 0 Å². The molecule has 0 amide bonds. The van der Waals surface area contributed by atoms with Crippen LogP contribution in [0.5, 0.6) is 11.5 Å². The second-order valence-corrected chi connectivity index (χ2v) is 7.99. The van der Waals surface area contributed by atoms with Crippen molar-refractivity contribution in [3.05, 3.63) is 59.7 Å². The highest BCUT2D eigenvalue weighted by molar-refractivity contribution is 5.46. The van der Waals surface area contributed by atoms with Gasteiger partial charge in [-0.05, 0) is 59.6 Å². The predicted molar refractivity (Wildman–Crippen MR) is 106 cm³/mol. The number of carbonyl (C=O) groups is 1. The van der Waals surface area contributed by atoms with E-state index in [1.807, 2.05) is 36.4 Å². The van der Waals surface area contributed by atoms with E-state index in [0.29, 0.717) is 23.6 Å². The zero-order valence-electron chi connectivity index (χ0n) is 16.2. The summed E-state index contributed by atoms with van der Waals surface area (Å²) in [5, 5.41) is 9.62. The van der Waals surface area contributed by atoms with E-state index in [2.05, 4.69) is 27.7 Å². The highest BCUT2D eigenvalue weighted by atomic mass is 16.5. The lowest BCUT2D eigenvalue weighted by molar-refractivity contribution is -0.120. The summed E-state index contributed by atoms with van der Waals surface area (Å²) in [5.41, 5.74) is 2.71. The molecule has 0 aliphatic heterocycles. The molecule has 2 unspecified atom stereocenters. The van der Waals surface area contributed by atoms with Gasteiger partial charge in [-0.2, -0.15) is 0 Å². The van der Waals surface area contributed by atoms with E-state index < -0.39 is 0 Å². The Morgan fingerprint density at radius 1 is 1.04 bits per heavy atom. The smallest absolute Gasteiger partial charge is 0.298 e. The van der Waals surface area contributed by atoms with Crippen molar-refractivity contribution >= 4 is 6.47 Å². The van der Waals surface area contributed by atoms with Crippen molar-refractivity contribution < 1.29 is 14.6 Å². The lowest BCUT2D eigenvalue weighted by atomic mass is 9.76. The van der Waals surface area contributed by atoms with Crippen LogP contribution in [0.15, 0.2) is 48.5 Å². The van der Waals surface area contributed by atoms with Gasteiger partial charge in [-0.15, -0.1) is 0 Å². The molecule has 0 aliphatic carbocycles. The zero-order chi connectivity index (χ0) is 19.2. The Hall–Kier alpha value is -2.29. The van der Waals surface area contributed by atoms with E-state index >= 15 is 0 Å². The van der Waals surface area contributed by atoms with Crippen LogP contribution in [0.25, 0.3) is 0 Å². The van der Waals surface area contributed by atoms with Gasteiger partial charge in [0.2, 0.25) is 0 Å². The van der Waals surface area contributed by atoms with Gasteiger partial charge in [0.05, 0.1) is 0 Å². The average Bonchev–Trinajstić information content (AvgIpc) is 2.61. The molecule has 2 atom stereocenters. The number of carbonyl (C=O) groups excluding carboxylic acids is 1. The van der Waals surface area contributed by atoms with Gasteiger partial charge in [-0.3, -0.25) is 4.79 Å². The monoisotopic (exact) mass is 354 g/mol. The fourth-order valence-corrected chi connectivity index (χ4v) is 3.58. The number of hydrogen-bond acceptors (Lipinski definition) is 3. The van der Waals surface area contributed by atoms with Crippen LogP contribution >= 0.6 is 0 Å². The Morgan fingerprint density at radius 3 is 2.08 bits per heavy atom. The lowest BCUT2D eigenvalue weighted by Crippen LogP contribution is -2.16. The van der Waals surface area contributed by atoms with Crippen LogP contribution in [-0.4, -0.2) is 11.6 Å². The maximum atomic E-state index is 10.5. The molecule has 2 aromatic carbocycles. The van der Waals surface area contributed by atoms with Crippen molar-refractivity contribution in [2.45, 2.75) is 52.9 Å². The number of phenolic OH excluding ortho intramolecular Hbond substituents is 1. The Morgan fingerprint density at radius 2 is 1.58 bits per heavy atom. The van der Waals surface area contributed by atoms with Crippen LogP contribution in [0.3, 0.4) is 0 Å². The third-order valence-electron chi connectivity index (χ3n) is 5.26. The number of benzene rings is 2. The number of ether oxygens (including phenoxy) is 1. The predicted octanol–water partition coefficient (Wildman–Crippen LogP) is 5.91. The van der Waals surface area contributed by atoms with Crippen LogP contribution in [0.4, 0.5) is 0 Å². The van der Waals surface area contributed by atoms with E-state index in [9.17, 15) is 9.90 Å². The minimum absolute atomic E-state index is 0.239. The van der Waals surface area contributed by atoms with Gasteiger partial charge in [-0.25, -0.2) is 0 Å². The molecule has 0 fully saturated rings. The second kappa shape index (κ2) is 8.88. The molecule has 2 rings (SSSR count). The molecule has 0 aliphatic rings. The highest BCUT2D eigenvalue weighted by Crippen LogP contribution is 2.37. The fraction of sp³-hybridized carbons (Fsp3) is 0.435. The Balaban J connectivity index is 2.26. The minimum Gasteiger partial charge on any atom is -0.508 e. The summed E-state index contributed by atoms with van der Waals surface area (Å²) in [6, 6.07) is 15.2. The minimum atomic E-state index is 0.239. The lowest BCUT2D eigenvalue weighted by Gasteiger charge is -2.29. The molecule has 0 heterocycles. The van der Waals surface area contributed by atoms with Crippen molar-refractivity contribution in [3.63, 3.8) is 0 Å². The molecule has 0 aromatic heterocycles. The summed E-state index contributed by atoms with van der Waals surface area (Å²) in [7, 11) is 0. The summed E-state index contributed by atoms with van der Waals surface area (Å²) in [4.78, 5) is 10.5. The normalized spacial score (nSPS) is 13.8. The second-order valence-electron chi connectivity index (χ2n) is 7.99. The molecule has 0 radical (unpaired) electrons. The third kappa shape index (κ3) is 5.62. The molecule has 3 heteroatoms. The molecule has 0 spiro atoms. The van der Waals surface area contributed by atoms with E-state index in [1.165, 1.54) is 24.0 Å². The number of rotatable bonds is 9. The first-order chi connectivity index (χ1) is 12.3. The standard InChI is InChI=1S/C23H30O3/c1-5-23(3,4)15-17(2)14-22(18-6-10-20(25)11-7-18)19-8-12-21(13-9-19)26-16-24/h6-13,16-17,22,25H,5,14-15H2,1-4H3. The largest absolute Gasteiger partial charge is 0.508 e. The first kappa shape index (κ1) is 20.0. The summed E-state index contributed by atoms with van der Waals surface area (Å²) in [6.45, 7) is 9.65. The van der Waals surface area contributed by atoms with Gasteiger partial charge in [0.25, 0.3) is 6.47 Å². The topological polar surface area (TPSA) is 46.5 Å². The van der Waals surface area contributed by atoms with Crippen LogP contribution in [0, 0.1) is 11.3 Å². The highest BCUT2D eigenvalue weighted by Gasteiger charge is 2.23. The van der Waals surface area contributed by atoms with Gasteiger partial charge in [-0.1, -0.05) is 58.4 Å². The van der Waals surface area contributed by atoms with Crippen molar-refractivity contribution in [1.29, 1.82) is 0 Å². The quantitative estimate of drug-likeness (QED) is 0.569. The third-order valence-corrected chi connectivity index (χ3v) is 5.26. The van der Waals surface area contributed by atoms with Crippen molar-refractivity contribution in [2.24, 2.45) is 11.3 Å².